The molecule has 1 N–H and O–H groups in total. The van der Waals surface area contributed by atoms with Gasteiger partial charge in [-0.25, -0.2) is 0 Å². The number of aryl methyl sites for hydroxylation is 1. The summed E-state index contributed by atoms with van der Waals surface area (Å²) < 4.78 is 0. The second-order valence-electron chi connectivity index (χ2n) is 3.64. The minimum absolute atomic E-state index is 0.103. The maximum Gasteiger partial charge on any atom is 0.186 e. The molecule has 1 rings (SSSR count). The van der Waals surface area contributed by atoms with Gasteiger partial charge in [0.15, 0.2) is 5.78 Å². The van der Waals surface area contributed by atoms with Crippen LogP contribution in [-0.4, -0.2) is 42.0 Å². The Labute approximate surface area is 101 Å². The standard InChI is InChI=1S/C12H19NO2S/c1-3-10-5-6-12(16-10)11(15)9-13(4-2)7-8-14/h5-6,14H,3-4,7-9H2,1-2H3. The van der Waals surface area contributed by atoms with Crippen LogP contribution < -0.4 is 0 Å². The molecular formula is C12H19NO2S. The zero-order valence-electron chi connectivity index (χ0n) is 9.90. The van der Waals surface area contributed by atoms with Crippen molar-refractivity contribution >= 4 is 17.1 Å². The summed E-state index contributed by atoms with van der Waals surface area (Å²) in [6.07, 6.45) is 0.978. The Morgan fingerprint density at radius 3 is 2.69 bits per heavy atom. The summed E-state index contributed by atoms with van der Waals surface area (Å²) >= 11 is 1.57. The van der Waals surface area contributed by atoms with Crippen molar-refractivity contribution in [1.82, 2.24) is 4.90 Å². The quantitative estimate of drug-likeness (QED) is 0.740. The third-order valence-corrected chi connectivity index (χ3v) is 3.79. The van der Waals surface area contributed by atoms with Gasteiger partial charge < -0.3 is 5.11 Å². The average Bonchev–Trinajstić information content (AvgIpc) is 2.76. The van der Waals surface area contributed by atoms with E-state index in [1.165, 1.54) is 4.88 Å². The Hall–Kier alpha value is -0.710. The van der Waals surface area contributed by atoms with Crippen molar-refractivity contribution in [1.29, 1.82) is 0 Å². The van der Waals surface area contributed by atoms with Crippen molar-refractivity contribution in [3.05, 3.63) is 21.9 Å². The first-order valence-electron chi connectivity index (χ1n) is 5.66. The Morgan fingerprint density at radius 1 is 1.44 bits per heavy atom. The molecule has 0 aliphatic rings. The van der Waals surface area contributed by atoms with Crippen LogP contribution in [0.15, 0.2) is 12.1 Å². The highest BCUT2D eigenvalue weighted by Gasteiger charge is 2.12. The number of likely N-dealkylation sites (N-methyl/N-ethyl adjacent to an activating group) is 1. The van der Waals surface area contributed by atoms with E-state index < -0.39 is 0 Å². The molecule has 0 spiro atoms. The van der Waals surface area contributed by atoms with Crippen LogP contribution in [0.25, 0.3) is 0 Å². The third-order valence-electron chi connectivity index (χ3n) is 2.52. The second kappa shape index (κ2) is 6.78. The molecule has 0 fully saturated rings. The summed E-state index contributed by atoms with van der Waals surface area (Å²) in [5.41, 5.74) is 0. The predicted molar refractivity (Wildman–Crippen MR) is 67.2 cm³/mol. The van der Waals surface area contributed by atoms with Gasteiger partial charge in [-0.15, -0.1) is 11.3 Å². The van der Waals surface area contributed by atoms with Crippen molar-refractivity contribution in [2.45, 2.75) is 20.3 Å². The van der Waals surface area contributed by atoms with Crippen LogP contribution >= 0.6 is 11.3 Å². The van der Waals surface area contributed by atoms with E-state index in [1.54, 1.807) is 11.3 Å². The molecule has 16 heavy (non-hydrogen) atoms. The summed E-state index contributed by atoms with van der Waals surface area (Å²) in [4.78, 5) is 15.9. The fourth-order valence-corrected chi connectivity index (χ4v) is 2.37. The van der Waals surface area contributed by atoms with Crippen molar-refractivity contribution in [3.8, 4) is 0 Å². The molecule has 0 saturated carbocycles. The molecule has 0 bridgehead atoms. The van der Waals surface area contributed by atoms with Gasteiger partial charge in [-0.1, -0.05) is 13.8 Å². The van der Waals surface area contributed by atoms with Crippen LogP contribution in [0.2, 0.25) is 0 Å². The number of aliphatic hydroxyl groups is 1. The smallest absolute Gasteiger partial charge is 0.186 e. The van der Waals surface area contributed by atoms with Crippen LogP contribution in [0.5, 0.6) is 0 Å². The molecule has 4 heteroatoms. The van der Waals surface area contributed by atoms with Gasteiger partial charge in [0, 0.05) is 11.4 Å². The minimum Gasteiger partial charge on any atom is -0.395 e. The second-order valence-corrected chi connectivity index (χ2v) is 4.80. The first-order valence-corrected chi connectivity index (χ1v) is 6.48. The molecule has 1 aromatic heterocycles. The summed E-state index contributed by atoms with van der Waals surface area (Å²) in [5.74, 6) is 0.153. The van der Waals surface area contributed by atoms with E-state index in [4.69, 9.17) is 5.11 Å². The van der Waals surface area contributed by atoms with E-state index in [0.717, 1.165) is 17.8 Å². The number of carbonyl (C=O) groups excluding carboxylic acids is 1. The molecule has 0 aromatic carbocycles. The molecule has 0 aliphatic heterocycles. The van der Waals surface area contributed by atoms with Gasteiger partial charge in [-0.2, -0.15) is 0 Å². The summed E-state index contributed by atoms with van der Waals surface area (Å²) in [6, 6.07) is 3.92. The normalized spacial score (nSPS) is 11.0. The molecule has 0 saturated heterocycles. The van der Waals surface area contributed by atoms with Gasteiger partial charge in [-0.05, 0) is 25.1 Å². The topological polar surface area (TPSA) is 40.5 Å². The van der Waals surface area contributed by atoms with Gasteiger partial charge in [0.05, 0.1) is 18.0 Å². The molecule has 0 amide bonds. The zero-order chi connectivity index (χ0) is 12.0. The van der Waals surface area contributed by atoms with Crippen LogP contribution in [-0.2, 0) is 6.42 Å². The molecule has 3 nitrogen and oxygen atoms in total. The van der Waals surface area contributed by atoms with Crippen LogP contribution in [0.1, 0.15) is 28.4 Å². The minimum atomic E-state index is 0.103. The molecule has 0 radical (unpaired) electrons. The van der Waals surface area contributed by atoms with Gasteiger partial charge >= 0.3 is 0 Å². The van der Waals surface area contributed by atoms with Crippen molar-refractivity contribution < 1.29 is 9.90 Å². The van der Waals surface area contributed by atoms with Crippen LogP contribution in [0, 0.1) is 0 Å². The Morgan fingerprint density at radius 2 is 2.19 bits per heavy atom. The highest BCUT2D eigenvalue weighted by Crippen LogP contribution is 2.17. The predicted octanol–water partition coefficient (Wildman–Crippen LogP) is 1.81. The lowest BCUT2D eigenvalue weighted by molar-refractivity contribution is 0.0923. The molecule has 0 atom stereocenters. The lowest BCUT2D eigenvalue weighted by Gasteiger charge is -2.17. The number of rotatable bonds is 7. The lowest BCUT2D eigenvalue weighted by atomic mass is 10.3. The van der Waals surface area contributed by atoms with Gasteiger partial charge in [0.25, 0.3) is 0 Å². The van der Waals surface area contributed by atoms with Gasteiger partial charge in [0.2, 0.25) is 0 Å². The number of aliphatic hydroxyl groups excluding tert-OH is 1. The van der Waals surface area contributed by atoms with Crippen molar-refractivity contribution in [3.63, 3.8) is 0 Å². The van der Waals surface area contributed by atoms with Crippen molar-refractivity contribution in [2.24, 2.45) is 0 Å². The number of Topliss-reactive ketones (excluding diaryl/α,β-unsaturated/α-hetero) is 1. The number of thiophene rings is 1. The zero-order valence-corrected chi connectivity index (χ0v) is 10.7. The first-order chi connectivity index (χ1) is 7.71. The third kappa shape index (κ3) is 3.70. The highest BCUT2D eigenvalue weighted by atomic mass is 32.1. The number of hydrogen-bond acceptors (Lipinski definition) is 4. The maximum atomic E-state index is 11.9. The Kier molecular flexibility index (Phi) is 5.66. The van der Waals surface area contributed by atoms with E-state index in [9.17, 15) is 4.79 Å². The van der Waals surface area contributed by atoms with Crippen LogP contribution in [0.4, 0.5) is 0 Å². The fraction of sp³-hybridized carbons (Fsp3) is 0.583. The SMILES string of the molecule is CCc1ccc(C(=O)CN(CC)CCO)s1. The number of nitrogens with zero attached hydrogens (tertiary/aromatic N) is 1. The van der Waals surface area contributed by atoms with Gasteiger partial charge in [0.1, 0.15) is 0 Å². The Balaban J connectivity index is 2.56. The fourth-order valence-electron chi connectivity index (χ4n) is 1.49. The largest absolute Gasteiger partial charge is 0.395 e. The van der Waals surface area contributed by atoms with Gasteiger partial charge in [-0.3, -0.25) is 9.69 Å². The molecule has 0 aliphatic carbocycles. The summed E-state index contributed by atoms with van der Waals surface area (Å²) in [7, 11) is 0. The van der Waals surface area contributed by atoms with E-state index in [2.05, 4.69) is 6.92 Å². The maximum absolute atomic E-state index is 11.9. The number of carbonyl (C=O) groups is 1. The Bertz CT molecular complexity index is 336. The van der Waals surface area contributed by atoms with E-state index in [1.807, 2.05) is 24.0 Å². The van der Waals surface area contributed by atoms with Crippen LogP contribution in [0.3, 0.4) is 0 Å². The molecule has 0 unspecified atom stereocenters. The average molecular weight is 241 g/mol. The highest BCUT2D eigenvalue weighted by molar-refractivity contribution is 7.14. The molecule has 90 valence electrons. The van der Waals surface area contributed by atoms with E-state index >= 15 is 0 Å². The lowest BCUT2D eigenvalue weighted by Crippen LogP contribution is -2.31. The van der Waals surface area contributed by atoms with E-state index in [-0.39, 0.29) is 12.4 Å². The monoisotopic (exact) mass is 241 g/mol. The molecule has 1 aromatic rings. The molecular weight excluding hydrogens is 222 g/mol. The summed E-state index contributed by atoms with van der Waals surface area (Å²) in [5, 5.41) is 8.84. The summed E-state index contributed by atoms with van der Waals surface area (Å²) in [6.45, 7) is 5.94. The first kappa shape index (κ1) is 13.4. The number of hydrogen-bond donors (Lipinski definition) is 1. The number of ketones is 1. The van der Waals surface area contributed by atoms with E-state index in [0.29, 0.717) is 13.1 Å². The van der Waals surface area contributed by atoms with Crippen molar-refractivity contribution in [2.75, 3.05) is 26.2 Å². The molecule has 1 heterocycles.